The van der Waals surface area contributed by atoms with Crippen molar-refractivity contribution in [2.24, 2.45) is 23.2 Å². The van der Waals surface area contributed by atoms with E-state index in [2.05, 4.69) is 41.6 Å². The van der Waals surface area contributed by atoms with Gasteiger partial charge in [-0.15, -0.1) is 0 Å². The number of amides is 2. The van der Waals surface area contributed by atoms with Gasteiger partial charge in [0.05, 0.1) is 0 Å². The first kappa shape index (κ1) is 21.4. The number of rotatable bonds is 9. The third kappa shape index (κ3) is 4.88. The number of likely N-dealkylation sites (N-methyl/N-ethyl adjacent to an activating group) is 1. The Hall–Kier alpha value is -1.88. The molecule has 4 fully saturated rings. The molecule has 4 bridgehead atoms. The van der Waals surface area contributed by atoms with Crippen LogP contribution in [0.5, 0.6) is 0 Å². The van der Waals surface area contributed by atoms with Gasteiger partial charge in [-0.25, -0.2) is 0 Å². The van der Waals surface area contributed by atoms with Crippen molar-refractivity contribution in [1.82, 2.24) is 15.5 Å². The van der Waals surface area contributed by atoms with Crippen molar-refractivity contribution in [3.63, 3.8) is 0 Å². The summed E-state index contributed by atoms with van der Waals surface area (Å²) in [6.07, 6.45) is 7.59. The highest BCUT2D eigenvalue weighted by Crippen LogP contribution is 2.60. The van der Waals surface area contributed by atoms with Crippen LogP contribution < -0.4 is 10.6 Å². The molecule has 0 aromatic heterocycles. The molecule has 1 aromatic carbocycles. The van der Waals surface area contributed by atoms with Crippen LogP contribution in [0, 0.1) is 23.2 Å². The third-order valence-corrected chi connectivity index (χ3v) is 7.78. The van der Waals surface area contributed by atoms with Crippen LogP contribution in [0.1, 0.15) is 57.4 Å². The van der Waals surface area contributed by atoms with E-state index in [1.807, 2.05) is 18.2 Å². The van der Waals surface area contributed by atoms with Crippen molar-refractivity contribution in [1.29, 1.82) is 0 Å². The van der Waals surface area contributed by atoms with Gasteiger partial charge in [0.1, 0.15) is 0 Å². The second-order valence-electron chi connectivity index (χ2n) is 10.3. The molecule has 4 aliphatic rings. The van der Waals surface area contributed by atoms with Gasteiger partial charge in [0, 0.05) is 37.5 Å². The number of hydrogen-bond donors (Lipinski definition) is 2. The summed E-state index contributed by atoms with van der Waals surface area (Å²) in [4.78, 5) is 27.5. The predicted molar refractivity (Wildman–Crippen MR) is 119 cm³/mol. The zero-order valence-electron chi connectivity index (χ0n) is 18.5. The SMILES string of the molecule is CC(CNC(=O)CCNC(=O)C12CC3CC(CC(C3)C1)C2)N(C)Cc1ccccc1. The van der Waals surface area contributed by atoms with Gasteiger partial charge in [-0.05, 0) is 75.8 Å². The van der Waals surface area contributed by atoms with Gasteiger partial charge >= 0.3 is 0 Å². The zero-order valence-corrected chi connectivity index (χ0v) is 18.5. The fraction of sp³-hybridized carbons (Fsp3) is 0.680. The fourth-order valence-electron chi connectivity index (χ4n) is 6.40. The summed E-state index contributed by atoms with van der Waals surface area (Å²) >= 11 is 0. The summed E-state index contributed by atoms with van der Waals surface area (Å²) in [5, 5.41) is 6.13. The average molecular weight is 412 g/mol. The summed E-state index contributed by atoms with van der Waals surface area (Å²) in [7, 11) is 2.08. The molecule has 0 saturated heterocycles. The average Bonchev–Trinajstić information content (AvgIpc) is 2.71. The first-order valence-corrected chi connectivity index (χ1v) is 11.7. The van der Waals surface area contributed by atoms with Gasteiger partial charge in [0.2, 0.25) is 11.8 Å². The van der Waals surface area contributed by atoms with E-state index < -0.39 is 0 Å². The highest BCUT2D eigenvalue weighted by Gasteiger charge is 2.54. The molecule has 0 spiro atoms. The lowest BCUT2D eigenvalue weighted by Crippen LogP contribution is -2.53. The maximum atomic E-state index is 13.0. The monoisotopic (exact) mass is 411 g/mol. The van der Waals surface area contributed by atoms with Gasteiger partial charge in [0.25, 0.3) is 0 Å². The van der Waals surface area contributed by atoms with Crippen molar-refractivity contribution < 1.29 is 9.59 Å². The second kappa shape index (κ2) is 9.09. The molecule has 2 amide bonds. The van der Waals surface area contributed by atoms with Crippen LogP contribution in [-0.2, 0) is 16.1 Å². The Kier molecular flexibility index (Phi) is 6.47. The Morgan fingerprint density at radius 3 is 2.23 bits per heavy atom. The maximum Gasteiger partial charge on any atom is 0.226 e. The number of hydrogen-bond acceptors (Lipinski definition) is 3. The number of carbonyl (C=O) groups excluding carboxylic acids is 2. The van der Waals surface area contributed by atoms with Crippen LogP contribution in [-0.4, -0.2) is 42.9 Å². The van der Waals surface area contributed by atoms with Crippen LogP contribution in [0.3, 0.4) is 0 Å². The third-order valence-electron chi connectivity index (χ3n) is 7.78. The molecule has 1 aromatic rings. The van der Waals surface area contributed by atoms with Crippen LogP contribution in [0.2, 0.25) is 0 Å². The van der Waals surface area contributed by atoms with Crippen molar-refractivity contribution in [3.05, 3.63) is 35.9 Å². The van der Waals surface area contributed by atoms with Crippen molar-refractivity contribution in [2.45, 2.75) is 64.5 Å². The Balaban J connectivity index is 1.15. The van der Waals surface area contributed by atoms with Crippen LogP contribution >= 0.6 is 0 Å². The van der Waals surface area contributed by atoms with Gasteiger partial charge in [-0.3, -0.25) is 14.5 Å². The first-order chi connectivity index (χ1) is 14.4. The highest BCUT2D eigenvalue weighted by atomic mass is 16.2. The molecule has 2 N–H and O–H groups in total. The van der Waals surface area contributed by atoms with Crippen LogP contribution in [0.15, 0.2) is 30.3 Å². The lowest BCUT2D eigenvalue weighted by Gasteiger charge is -2.55. The fourth-order valence-corrected chi connectivity index (χ4v) is 6.40. The Bertz CT molecular complexity index is 713. The van der Waals surface area contributed by atoms with E-state index >= 15 is 0 Å². The molecule has 5 heteroatoms. The van der Waals surface area contributed by atoms with E-state index in [1.54, 1.807) is 0 Å². The van der Waals surface area contributed by atoms with Crippen LogP contribution in [0.4, 0.5) is 0 Å². The van der Waals surface area contributed by atoms with Crippen molar-refractivity contribution >= 4 is 11.8 Å². The highest BCUT2D eigenvalue weighted by molar-refractivity contribution is 5.84. The Morgan fingerprint density at radius 2 is 1.63 bits per heavy atom. The minimum absolute atomic E-state index is 0.0146. The van der Waals surface area contributed by atoms with Gasteiger partial charge < -0.3 is 10.6 Å². The first-order valence-electron chi connectivity index (χ1n) is 11.7. The summed E-state index contributed by atoms with van der Waals surface area (Å²) < 4.78 is 0. The summed E-state index contributed by atoms with van der Waals surface area (Å²) in [6, 6.07) is 10.6. The summed E-state index contributed by atoms with van der Waals surface area (Å²) in [5.41, 5.74) is 1.14. The topological polar surface area (TPSA) is 61.4 Å². The molecule has 0 aliphatic heterocycles. The quantitative estimate of drug-likeness (QED) is 0.655. The molecule has 30 heavy (non-hydrogen) atoms. The van der Waals surface area contributed by atoms with Gasteiger partial charge in [-0.1, -0.05) is 30.3 Å². The molecule has 4 saturated carbocycles. The maximum absolute atomic E-state index is 13.0. The number of nitrogens with one attached hydrogen (secondary N) is 2. The molecule has 0 radical (unpaired) electrons. The summed E-state index contributed by atoms with van der Waals surface area (Å²) in [5.74, 6) is 2.52. The van der Waals surface area contributed by atoms with Crippen molar-refractivity contribution in [2.75, 3.05) is 20.1 Å². The minimum atomic E-state index is -0.125. The van der Waals surface area contributed by atoms with E-state index in [-0.39, 0.29) is 23.3 Å². The van der Waals surface area contributed by atoms with E-state index in [4.69, 9.17) is 0 Å². The lowest BCUT2D eigenvalue weighted by molar-refractivity contribution is -0.146. The van der Waals surface area contributed by atoms with E-state index in [9.17, 15) is 9.59 Å². The molecule has 164 valence electrons. The summed E-state index contributed by atoms with van der Waals surface area (Å²) in [6.45, 7) is 4.04. The zero-order chi connectivity index (χ0) is 21.1. The normalized spacial score (nSPS) is 30.3. The van der Waals surface area contributed by atoms with Gasteiger partial charge in [-0.2, -0.15) is 0 Å². The van der Waals surface area contributed by atoms with Crippen LogP contribution in [0.25, 0.3) is 0 Å². The van der Waals surface area contributed by atoms with E-state index in [0.29, 0.717) is 19.5 Å². The predicted octanol–water partition coefficient (Wildman–Crippen LogP) is 3.35. The smallest absolute Gasteiger partial charge is 0.226 e. The largest absolute Gasteiger partial charge is 0.355 e. The Morgan fingerprint density at radius 1 is 1.03 bits per heavy atom. The molecular weight excluding hydrogens is 374 g/mol. The molecule has 4 aliphatic carbocycles. The molecule has 5 rings (SSSR count). The van der Waals surface area contributed by atoms with E-state index in [0.717, 1.165) is 43.6 Å². The van der Waals surface area contributed by atoms with Gasteiger partial charge in [0.15, 0.2) is 0 Å². The Labute approximate surface area is 181 Å². The lowest BCUT2D eigenvalue weighted by atomic mass is 9.49. The standard InChI is InChI=1S/C25H37N3O2/c1-18(28(2)17-19-6-4-3-5-7-19)16-27-23(29)8-9-26-24(30)25-13-20-10-21(14-25)12-22(11-20)15-25/h3-7,18,20-22H,8-17H2,1-2H3,(H,26,30)(H,27,29). The second-order valence-corrected chi connectivity index (χ2v) is 10.3. The molecule has 5 nitrogen and oxygen atoms in total. The molecular formula is C25H37N3O2. The molecule has 1 atom stereocenters. The minimum Gasteiger partial charge on any atom is -0.355 e. The number of carbonyl (C=O) groups is 2. The molecule has 1 unspecified atom stereocenters. The molecule has 0 heterocycles. The van der Waals surface area contributed by atoms with E-state index in [1.165, 1.54) is 24.8 Å². The number of nitrogens with zero attached hydrogens (tertiary/aromatic N) is 1. The number of benzene rings is 1. The van der Waals surface area contributed by atoms with Crippen molar-refractivity contribution in [3.8, 4) is 0 Å².